The van der Waals surface area contributed by atoms with Crippen LogP contribution in [0.3, 0.4) is 0 Å². The van der Waals surface area contributed by atoms with E-state index in [0.29, 0.717) is 33.3 Å². The maximum Gasteiger partial charge on any atom is 0.339 e. The molecule has 0 spiro atoms. The molecule has 0 fully saturated rings. The Kier molecular flexibility index (Phi) is 7.70. The highest BCUT2D eigenvalue weighted by Crippen LogP contribution is 2.36. The maximum atomic E-state index is 11.9. The summed E-state index contributed by atoms with van der Waals surface area (Å²) in [6.07, 6.45) is 1.51. The number of carbonyl (C=O) groups is 1. The number of halogens is 2. The van der Waals surface area contributed by atoms with E-state index in [2.05, 4.69) is 31.8 Å². The summed E-state index contributed by atoms with van der Waals surface area (Å²) in [7, 11) is 1.56. The summed E-state index contributed by atoms with van der Waals surface area (Å²) in [5, 5.41) is 7.32. The smallest absolute Gasteiger partial charge is 0.339 e. The van der Waals surface area contributed by atoms with E-state index in [9.17, 15) is 4.79 Å². The Balaban J connectivity index is 1.63. The summed E-state index contributed by atoms with van der Waals surface area (Å²) in [4.78, 5) is 11.9. The molecule has 0 atom stereocenters. The molecule has 8 heteroatoms. The molecule has 154 valence electrons. The van der Waals surface area contributed by atoms with E-state index in [0.717, 1.165) is 11.1 Å². The van der Waals surface area contributed by atoms with Crippen molar-refractivity contribution in [2.75, 3.05) is 12.4 Å². The minimum Gasteiger partial charge on any atom is -0.493 e. The van der Waals surface area contributed by atoms with Gasteiger partial charge in [-0.1, -0.05) is 41.9 Å². The van der Waals surface area contributed by atoms with Gasteiger partial charge >= 0.3 is 6.03 Å². The minimum atomic E-state index is -0.439. The zero-order valence-electron chi connectivity index (χ0n) is 16.1. The molecule has 3 aromatic rings. The third-order valence-corrected chi connectivity index (χ3v) is 4.80. The SMILES string of the molecule is COc1cc(/C=N\NC(=O)Nc2ccccc2)cc(Br)c1OCc1ccc(Cl)cc1. The Morgan fingerprint density at radius 1 is 1.13 bits per heavy atom. The molecule has 0 aliphatic heterocycles. The van der Waals surface area contributed by atoms with Crippen molar-refractivity contribution >= 4 is 45.5 Å². The molecule has 2 amide bonds. The number of methoxy groups -OCH3 is 1. The average Bonchev–Trinajstić information content (AvgIpc) is 2.74. The molecule has 2 N–H and O–H groups in total. The highest BCUT2D eigenvalue weighted by molar-refractivity contribution is 9.10. The van der Waals surface area contributed by atoms with Crippen molar-refractivity contribution in [3.8, 4) is 11.5 Å². The van der Waals surface area contributed by atoms with Crippen LogP contribution in [0.25, 0.3) is 0 Å². The van der Waals surface area contributed by atoms with E-state index in [4.69, 9.17) is 21.1 Å². The highest BCUT2D eigenvalue weighted by Gasteiger charge is 2.12. The summed E-state index contributed by atoms with van der Waals surface area (Å²) in [5.41, 5.74) is 4.80. The normalized spacial score (nSPS) is 10.6. The van der Waals surface area contributed by atoms with Gasteiger partial charge in [0.2, 0.25) is 0 Å². The Hall–Kier alpha value is -3.03. The molecule has 30 heavy (non-hydrogen) atoms. The first-order valence-electron chi connectivity index (χ1n) is 8.95. The van der Waals surface area contributed by atoms with E-state index in [1.165, 1.54) is 6.21 Å². The lowest BCUT2D eigenvalue weighted by Crippen LogP contribution is -2.24. The van der Waals surface area contributed by atoms with Crippen LogP contribution in [0.5, 0.6) is 11.5 Å². The summed E-state index contributed by atoms with van der Waals surface area (Å²) in [5.74, 6) is 1.10. The predicted octanol–water partition coefficient (Wildman–Crippen LogP) is 5.85. The zero-order valence-corrected chi connectivity index (χ0v) is 18.4. The molecule has 0 saturated carbocycles. The van der Waals surface area contributed by atoms with Gasteiger partial charge in [0.05, 0.1) is 17.8 Å². The molecule has 0 unspecified atom stereocenters. The second-order valence-corrected chi connectivity index (χ2v) is 7.43. The van der Waals surface area contributed by atoms with E-state index in [1.807, 2.05) is 48.5 Å². The Morgan fingerprint density at radius 3 is 2.57 bits per heavy atom. The molecule has 0 aromatic heterocycles. The number of nitrogens with zero attached hydrogens (tertiary/aromatic N) is 1. The molecular formula is C22H19BrClN3O3. The van der Waals surface area contributed by atoms with Gasteiger partial charge in [-0.2, -0.15) is 5.10 Å². The van der Waals surface area contributed by atoms with Crippen molar-refractivity contribution in [1.29, 1.82) is 0 Å². The first-order chi connectivity index (χ1) is 14.5. The number of hydrazone groups is 1. The highest BCUT2D eigenvalue weighted by atomic mass is 79.9. The van der Waals surface area contributed by atoms with E-state index >= 15 is 0 Å². The van der Waals surface area contributed by atoms with Crippen LogP contribution in [0.15, 0.2) is 76.3 Å². The van der Waals surface area contributed by atoms with E-state index in [1.54, 1.807) is 25.3 Å². The Morgan fingerprint density at radius 2 is 1.87 bits per heavy atom. The van der Waals surface area contributed by atoms with E-state index in [-0.39, 0.29) is 0 Å². The van der Waals surface area contributed by atoms with Crippen molar-refractivity contribution in [3.05, 3.63) is 87.4 Å². The van der Waals surface area contributed by atoms with Crippen LogP contribution >= 0.6 is 27.5 Å². The monoisotopic (exact) mass is 487 g/mol. The fourth-order valence-electron chi connectivity index (χ4n) is 2.54. The van der Waals surface area contributed by atoms with Crippen LogP contribution in [0.4, 0.5) is 10.5 Å². The second kappa shape index (κ2) is 10.7. The fourth-order valence-corrected chi connectivity index (χ4v) is 3.24. The number of carbonyl (C=O) groups excluding carboxylic acids is 1. The van der Waals surface area contributed by atoms with Crippen LogP contribution in [0.1, 0.15) is 11.1 Å². The molecule has 6 nitrogen and oxygen atoms in total. The van der Waals surface area contributed by atoms with Crippen LogP contribution in [0.2, 0.25) is 5.02 Å². The van der Waals surface area contributed by atoms with Crippen LogP contribution < -0.4 is 20.2 Å². The fraction of sp³-hybridized carbons (Fsp3) is 0.0909. The number of ether oxygens (including phenoxy) is 2. The average molecular weight is 489 g/mol. The van der Waals surface area contributed by atoms with Crippen molar-refractivity contribution < 1.29 is 14.3 Å². The third-order valence-electron chi connectivity index (χ3n) is 3.96. The standard InChI is InChI=1S/C22H19BrClN3O3/c1-29-20-12-16(13-25-27-22(28)26-18-5-3-2-4-6-18)11-19(23)21(20)30-14-15-7-9-17(24)10-8-15/h2-13H,14H2,1H3,(H2,26,27,28)/b25-13-. The van der Waals surface area contributed by atoms with Crippen LogP contribution in [0, 0.1) is 0 Å². The van der Waals surface area contributed by atoms with Gasteiger partial charge in [0, 0.05) is 10.7 Å². The Labute approximate surface area is 188 Å². The number of anilines is 1. The first kappa shape index (κ1) is 21.7. The first-order valence-corrected chi connectivity index (χ1v) is 10.1. The number of nitrogens with one attached hydrogen (secondary N) is 2. The number of hydrogen-bond donors (Lipinski definition) is 2. The van der Waals surface area contributed by atoms with Gasteiger partial charge in [-0.05, 0) is 63.5 Å². The van der Waals surface area contributed by atoms with Crippen molar-refractivity contribution in [3.63, 3.8) is 0 Å². The van der Waals surface area contributed by atoms with Crippen molar-refractivity contribution in [1.82, 2.24) is 5.43 Å². The molecular weight excluding hydrogens is 470 g/mol. The minimum absolute atomic E-state index is 0.362. The lowest BCUT2D eigenvalue weighted by Gasteiger charge is -2.13. The number of hydrogen-bond acceptors (Lipinski definition) is 4. The molecule has 0 radical (unpaired) electrons. The molecule has 0 aliphatic carbocycles. The van der Waals surface area contributed by atoms with Gasteiger partial charge in [-0.3, -0.25) is 0 Å². The van der Waals surface area contributed by atoms with Gasteiger partial charge in [0.15, 0.2) is 11.5 Å². The topological polar surface area (TPSA) is 72.0 Å². The largest absolute Gasteiger partial charge is 0.493 e. The summed E-state index contributed by atoms with van der Waals surface area (Å²) >= 11 is 9.41. The number of rotatable bonds is 7. The van der Waals surface area contributed by atoms with Gasteiger partial charge in [0.25, 0.3) is 0 Å². The molecule has 3 aromatic carbocycles. The number of urea groups is 1. The van der Waals surface area contributed by atoms with Crippen LogP contribution in [-0.2, 0) is 6.61 Å². The van der Waals surface area contributed by atoms with Gasteiger partial charge in [0.1, 0.15) is 6.61 Å². The van der Waals surface area contributed by atoms with Gasteiger partial charge in [-0.15, -0.1) is 0 Å². The van der Waals surface area contributed by atoms with Gasteiger partial charge in [-0.25, -0.2) is 10.2 Å². The number of amides is 2. The lowest BCUT2D eigenvalue weighted by atomic mass is 10.2. The number of para-hydroxylation sites is 1. The predicted molar refractivity (Wildman–Crippen MR) is 123 cm³/mol. The molecule has 0 saturated heterocycles. The van der Waals surface area contributed by atoms with E-state index < -0.39 is 6.03 Å². The van der Waals surface area contributed by atoms with Crippen LogP contribution in [-0.4, -0.2) is 19.4 Å². The van der Waals surface area contributed by atoms with Crippen molar-refractivity contribution in [2.45, 2.75) is 6.61 Å². The Bertz CT molecular complexity index is 1030. The second-order valence-electron chi connectivity index (χ2n) is 6.14. The van der Waals surface area contributed by atoms with Gasteiger partial charge < -0.3 is 14.8 Å². The maximum absolute atomic E-state index is 11.9. The summed E-state index contributed by atoms with van der Waals surface area (Å²) < 4.78 is 12.1. The summed E-state index contributed by atoms with van der Waals surface area (Å²) in [6, 6.07) is 19.7. The van der Waals surface area contributed by atoms with Crippen molar-refractivity contribution in [2.24, 2.45) is 5.10 Å². The lowest BCUT2D eigenvalue weighted by molar-refractivity contribution is 0.252. The quantitative estimate of drug-likeness (QED) is 0.324. The number of benzene rings is 3. The molecule has 0 aliphatic rings. The molecule has 0 bridgehead atoms. The third kappa shape index (κ3) is 6.23. The summed E-state index contributed by atoms with van der Waals surface area (Å²) in [6.45, 7) is 0.362. The molecule has 3 rings (SSSR count). The zero-order chi connectivity index (χ0) is 21.3. The molecule has 0 heterocycles.